The second-order valence-electron chi connectivity index (χ2n) is 5.27. The molecule has 19 heavy (non-hydrogen) atoms. The van der Waals surface area contributed by atoms with Crippen LogP contribution in [-0.2, 0) is 6.42 Å². The Morgan fingerprint density at radius 1 is 1.26 bits per heavy atom. The Hall–Kier alpha value is -1.62. The van der Waals surface area contributed by atoms with Crippen LogP contribution in [0.25, 0.3) is 5.65 Å². The van der Waals surface area contributed by atoms with Gasteiger partial charge in [-0.3, -0.25) is 0 Å². The van der Waals surface area contributed by atoms with Gasteiger partial charge in [0.05, 0.1) is 11.9 Å². The van der Waals surface area contributed by atoms with Gasteiger partial charge in [0.25, 0.3) is 0 Å². The Balaban J connectivity index is 1.76. The van der Waals surface area contributed by atoms with E-state index in [0.29, 0.717) is 12.6 Å². The fourth-order valence-corrected chi connectivity index (χ4v) is 2.73. The van der Waals surface area contributed by atoms with E-state index in [1.807, 2.05) is 22.8 Å². The number of hydrogen-bond acceptors (Lipinski definition) is 4. The number of fused-ring (bicyclic) bond motifs is 1. The van der Waals surface area contributed by atoms with E-state index >= 15 is 0 Å². The Labute approximate surface area is 113 Å². The van der Waals surface area contributed by atoms with Gasteiger partial charge < -0.3 is 11.1 Å². The van der Waals surface area contributed by atoms with E-state index in [-0.39, 0.29) is 0 Å². The van der Waals surface area contributed by atoms with Gasteiger partial charge in [-0.2, -0.15) is 0 Å². The third kappa shape index (κ3) is 2.87. The molecule has 0 aliphatic heterocycles. The molecule has 2 aromatic heterocycles. The lowest BCUT2D eigenvalue weighted by Gasteiger charge is -2.23. The van der Waals surface area contributed by atoms with Crippen molar-refractivity contribution in [3.05, 3.63) is 24.0 Å². The third-order valence-electron chi connectivity index (χ3n) is 3.73. The van der Waals surface area contributed by atoms with Crippen molar-refractivity contribution < 1.29 is 0 Å². The van der Waals surface area contributed by atoms with Crippen LogP contribution in [0.4, 0.5) is 5.82 Å². The molecule has 1 aliphatic rings. The minimum Gasteiger partial charge on any atom is -0.366 e. The molecule has 0 spiro atoms. The highest BCUT2D eigenvalue weighted by molar-refractivity contribution is 5.45. The van der Waals surface area contributed by atoms with Crippen molar-refractivity contribution >= 4 is 11.5 Å². The number of nitrogens with zero attached hydrogens (tertiary/aromatic N) is 3. The van der Waals surface area contributed by atoms with Gasteiger partial charge in [-0.25, -0.2) is 9.50 Å². The van der Waals surface area contributed by atoms with Crippen molar-refractivity contribution in [3.63, 3.8) is 0 Å². The van der Waals surface area contributed by atoms with Crippen molar-refractivity contribution in [1.29, 1.82) is 0 Å². The molecule has 5 heteroatoms. The van der Waals surface area contributed by atoms with Gasteiger partial charge in [-0.05, 0) is 31.5 Å². The van der Waals surface area contributed by atoms with E-state index in [9.17, 15) is 0 Å². The lowest BCUT2D eigenvalue weighted by atomic mass is 9.95. The number of nitrogens with one attached hydrogen (secondary N) is 1. The molecule has 3 N–H and O–H groups in total. The molecule has 5 nitrogen and oxygen atoms in total. The molecule has 1 saturated carbocycles. The Kier molecular flexibility index (Phi) is 3.64. The first-order chi connectivity index (χ1) is 9.35. The molecule has 0 atom stereocenters. The summed E-state index contributed by atoms with van der Waals surface area (Å²) >= 11 is 0. The van der Waals surface area contributed by atoms with Gasteiger partial charge in [-0.1, -0.05) is 19.3 Å². The maximum Gasteiger partial charge on any atom is 0.153 e. The van der Waals surface area contributed by atoms with Crippen molar-refractivity contribution in [2.24, 2.45) is 5.73 Å². The number of anilines is 1. The molecule has 0 unspecified atom stereocenters. The summed E-state index contributed by atoms with van der Waals surface area (Å²) in [5.41, 5.74) is 7.45. The van der Waals surface area contributed by atoms with E-state index in [2.05, 4.69) is 15.4 Å². The largest absolute Gasteiger partial charge is 0.366 e. The fourth-order valence-electron chi connectivity index (χ4n) is 2.73. The van der Waals surface area contributed by atoms with E-state index < -0.39 is 0 Å². The first kappa shape index (κ1) is 12.4. The maximum absolute atomic E-state index is 5.55. The zero-order chi connectivity index (χ0) is 13.1. The summed E-state index contributed by atoms with van der Waals surface area (Å²) in [5.74, 6) is 0.941. The second-order valence-corrected chi connectivity index (χ2v) is 5.27. The van der Waals surface area contributed by atoms with Gasteiger partial charge in [0.2, 0.25) is 0 Å². The molecule has 1 aliphatic carbocycles. The molecule has 0 radical (unpaired) electrons. The Morgan fingerprint density at radius 3 is 2.89 bits per heavy atom. The molecule has 0 amide bonds. The molecule has 3 rings (SSSR count). The van der Waals surface area contributed by atoms with Gasteiger partial charge in [0.1, 0.15) is 5.82 Å². The summed E-state index contributed by atoms with van der Waals surface area (Å²) in [6, 6.07) is 4.60. The summed E-state index contributed by atoms with van der Waals surface area (Å²) in [6.07, 6.45) is 9.29. The topological polar surface area (TPSA) is 68.2 Å². The summed E-state index contributed by atoms with van der Waals surface area (Å²) in [5, 5.41) is 8.10. The van der Waals surface area contributed by atoms with E-state index in [1.165, 1.54) is 32.1 Å². The smallest absolute Gasteiger partial charge is 0.153 e. The molecular formula is C14H21N5. The van der Waals surface area contributed by atoms with E-state index in [1.54, 1.807) is 0 Å². The maximum atomic E-state index is 5.55. The van der Waals surface area contributed by atoms with Gasteiger partial charge >= 0.3 is 0 Å². The highest BCUT2D eigenvalue weighted by atomic mass is 15.3. The minimum absolute atomic E-state index is 0.575. The quantitative estimate of drug-likeness (QED) is 0.881. The summed E-state index contributed by atoms with van der Waals surface area (Å²) in [6.45, 7) is 0.622. The standard InChI is InChI=1S/C14H21N5/c15-9-8-12-10-19-14(17-12)7-6-13(18-19)16-11-4-2-1-3-5-11/h6-7,10-11H,1-5,8-9,15H2,(H,16,18). The SMILES string of the molecule is NCCc1cn2nc(NC3CCCCC3)ccc2n1. The Bertz CT molecular complexity index is 542. The molecule has 102 valence electrons. The highest BCUT2D eigenvalue weighted by Gasteiger charge is 2.13. The molecule has 0 saturated heterocycles. The van der Waals surface area contributed by atoms with Crippen LogP contribution >= 0.6 is 0 Å². The number of rotatable bonds is 4. The van der Waals surface area contributed by atoms with Crippen molar-refractivity contribution in [1.82, 2.24) is 14.6 Å². The predicted molar refractivity (Wildman–Crippen MR) is 76.2 cm³/mol. The number of hydrogen-bond donors (Lipinski definition) is 2. The molecule has 2 aromatic rings. The second kappa shape index (κ2) is 5.57. The summed E-state index contributed by atoms with van der Waals surface area (Å²) in [7, 11) is 0. The monoisotopic (exact) mass is 259 g/mol. The van der Waals surface area contributed by atoms with E-state index in [4.69, 9.17) is 5.73 Å². The first-order valence-electron chi connectivity index (χ1n) is 7.17. The van der Waals surface area contributed by atoms with Crippen LogP contribution in [0.3, 0.4) is 0 Å². The van der Waals surface area contributed by atoms with Gasteiger partial charge in [0.15, 0.2) is 5.65 Å². The average molecular weight is 259 g/mol. The van der Waals surface area contributed by atoms with Crippen LogP contribution in [-0.4, -0.2) is 27.2 Å². The van der Waals surface area contributed by atoms with Crippen LogP contribution in [0.15, 0.2) is 18.3 Å². The third-order valence-corrected chi connectivity index (χ3v) is 3.73. The van der Waals surface area contributed by atoms with Crippen LogP contribution in [0.1, 0.15) is 37.8 Å². The number of aromatic nitrogens is 3. The van der Waals surface area contributed by atoms with Crippen LogP contribution in [0, 0.1) is 0 Å². The minimum atomic E-state index is 0.575. The molecule has 2 heterocycles. The predicted octanol–water partition coefficient (Wildman–Crippen LogP) is 1.98. The van der Waals surface area contributed by atoms with Gasteiger partial charge in [0, 0.05) is 12.5 Å². The number of nitrogens with two attached hydrogens (primary N) is 1. The Morgan fingerprint density at radius 2 is 2.11 bits per heavy atom. The van der Waals surface area contributed by atoms with Crippen LogP contribution < -0.4 is 11.1 Å². The average Bonchev–Trinajstić information content (AvgIpc) is 2.82. The summed E-state index contributed by atoms with van der Waals surface area (Å²) < 4.78 is 1.84. The first-order valence-corrected chi connectivity index (χ1v) is 7.17. The van der Waals surface area contributed by atoms with Crippen molar-refractivity contribution in [3.8, 4) is 0 Å². The molecular weight excluding hydrogens is 238 g/mol. The molecule has 0 aromatic carbocycles. The van der Waals surface area contributed by atoms with Crippen LogP contribution in [0.5, 0.6) is 0 Å². The van der Waals surface area contributed by atoms with Crippen molar-refractivity contribution in [2.45, 2.75) is 44.6 Å². The van der Waals surface area contributed by atoms with Crippen LogP contribution in [0.2, 0.25) is 0 Å². The summed E-state index contributed by atoms with van der Waals surface area (Å²) in [4.78, 5) is 4.48. The number of imidazole rings is 1. The van der Waals surface area contributed by atoms with E-state index in [0.717, 1.165) is 23.6 Å². The molecule has 1 fully saturated rings. The van der Waals surface area contributed by atoms with Crippen molar-refractivity contribution in [2.75, 3.05) is 11.9 Å². The fraction of sp³-hybridized carbons (Fsp3) is 0.571. The van der Waals surface area contributed by atoms with Gasteiger partial charge in [-0.15, -0.1) is 5.10 Å². The lowest BCUT2D eigenvalue weighted by Crippen LogP contribution is -2.23. The zero-order valence-electron chi connectivity index (χ0n) is 11.2. The molecule has 0 bridgehead atoms. The normalized spacial score (nSPS) is 16.9. The highest BCUT2D eigenvalue weighted by Crippen LogP contribution is 2.20. The zero-order valence-corrected chi connectivity index (χ0v) is 11.2. The lowest BCUT2D eigenvalue weighted by molar-refractivity contribution is 0.461.